The van der Waals surface area contributed by atoms with Crippen molar-refractivity contribution in [1.29, 1.82) is 5.26 Å². The van der Waals surface area contributed by atoms with Crippen molar-refractivity contribution in [2.75, 3.05) is 6.61 Å². The Morgan fingerprint density at radius 1 is 1.21 bits per heavy atom. The average molecular weight is 189 g/mol. The predicted molar refractivity (Wildman–Crippen MR) is 56.2 cm³/mol. The van der Waals surface area contributed by atoms with Gasteiger partial charge in [0.1, 0.15) is 5.75 Å². The topological polar surface area (TPSA) is 33.0 Å². The van der Waals surface area contributed by atoms with Crippen molar-refractivity contribution in [3.63, 3.8) is 0 Å². The minimum absolute atomic E-state index is 0.672. The molecule has 0 fully saturated rings. The second-order valence-corrected chi connectivity index (χ2v) is 3.19. The molecule has 0 atom stereocenters. The van der Waals surface area contributed by atoms with Crippen LogP contribution in [0.3, 0.4) is 0 Å². The molecule has 0 saturated carbocycles. The van der Waals surface area contributed by atoms with Crippen LogP contribution in [0.2, 0.25) is 0 Å². The highest BCUT2D eigenvalue weighted by Gasteiger charge is 1.93. The van der Waals surface area contributed by atoms with Crippen LogP contribution in [0.25, 0.3) is 0 Å². The maximum atomic E-state index is 8.58. The fraction of sp³-hybridized carbons (Fsp3) is 0.417. The Morgan fingerprint density at radius 3 is 2.50 bits per heavy atom. The fourth-order valence-electron chi connectivity index (χ4n) is 1.17. The van der Waals surface area contributed by atoms with Gasteiger partial charge in [0, 0.05) is 0 Å². The summed E-state index contributed by atoms with van der Waals surface area (Å²) in [6.07, 6.45) is 3.50. The molecule has 0 spiro atoms. The summed E-state index contributed by atoms with van der Waals surface area (Å²) in [6.45, 7) is 2.93. The molecule has 2 nitrogen and oxygen atoms in total. The molecule has 0 amide bonds. The van der Waals surface area contributed by atoms with E-state index in [9.17, 15) is 0 Å². The lowest BCUT2D eigenvalue weighted by molar-refractivity contribution is 0.306. The van der Waals surface area contributed by atoms with Gasteiger partial charge in [-0.25, -0.2) is 0 Å². The first-order valence-corrected chi connectivity index (χ1v) is 4.99. The number of nitriles is 1. The van der Waals surface area contributed by atoms with Gasteiger partial charge in [0.15, 0.2) is 0 Å². The number of nitrogens with zero attached hydrogens (tertiary/aromatic N) is 1. The Balaban J connectivity index is 2.33. The van der Waals surface area contributed by atoms with E-state index < -0.39 is 0 Å². The average Bonchev–Trinajstić information content (AvgIpc) is 2.25. The van der Waals surface area contributed by atoms with Crippen LogP contribution in [0.1, 0.15) is 31.7 Å². The van der Waals surface area contributed by atoms with Crippen LogP contribution >= 0.6 is 0 Å². The molecular weight excluding hydrogens is 174 g/mol. The van der Waals surface area contributed by atoms with Gasteiger partial charge in [0.05, 0.1) is 18.2 Å². The third-order valence-electron chi connectivity index (χ3n) is 2.00. The molecular formula is C12H15NO. The SMILES string of the molecule is CCCCCOc1ccc(C#N)cc1. The molecule has 2 heteroatoms. The van der Waals surface area contributed by atoms with E-state index >= 15 is 0 Å². The van der Waals surface area contributed by atoms with Gasteiger partial charge in [-0.15, -0.1) is 0 Å². The van der Waals surface area contributed by atoms with Crippen LogP contribution in [0, 0.1) is 11.3 Å². The number of ether oxygens (including phenoxy) is 1. The third kappa shape index (κ3) is 3.49. The van der Waals surface area contributed by atoms with Gasteiger partial charge >= 0.3 is 0 Å². The molecule has 1 aromatic rings. The number of rotatable bonds is 5. The smallest absolute Gasteiger partial charge is 0.119 e. The second-order valence-electron chi connectivity index (χ2n) is 3.19. The molecule has 1 rings (SSSR count). The first kappa shape index (κ1) is 10.6. The van der Waals surface area contributed by atoms with E-state index in [4.69, 9.17) is 10.00 Å². The normalized spacial score (nSPS) is 9.43. The van der Waals surface area contributed by atoms with Crippen LogP contribution in [-0.4, -0.2) is 6.61 Å². The summed E-state index contributed by atoms with van der Waals surface area (Å²) in [5.74, 6) is 0.847. The molecule has 0 aliphatic heterocycles. The highest BCUT2D eigenvalue weighted by atomic mass is 16.5. The van der Waals surface area contributed by atoms with Crippen LogP contribution in [0.15, 0.2) is 24.3 Å². The van der Waals surface area contributed by atoms with Gasteiger partial charge in [-0.05, 0) is 30.7 Å². The van der Waals surface area contributed by atoms with Gasteiger partial charge in [0.25, 0.3) is 0 Å². The van der Waals surface area contributed by atoms with E-state index in [2.05, 4.69) is 13.0 Å². The maximum Gasteiger partial charge on any atom is 0.119 e. The predicted octanol–water partition coefficient (Wildman–Crippen LogP) is 3.13. The summed E-state index contributed by atoms with van der Waals surface area (Å²) in [7, 11) is 0. The summed E-state index contributed by atoms with van der Waals surface area (Å²) in [6, 6.07) is 9.30. The molecule has 0 bridgehead atoms. The van der Waals surface area contributed by atoms with Crippen LogP contribution in [0.4, 0.5) is 0 Å². The van der Waals surface area contributed by atoms with E-state index in [1.165, 1.54) is 12.8 Å². The molecule has 74 valence electrons. The molecule has 0 aliphatic rings. The summed E-state index contributed by atoms with van der Waals surface area (Å²) in [4.78, 5) is 0. The van der Waals surface area contributed by atoms with E-state index in [0.717, 1.165) is 18.8 Å². The van der Waals surface area contributed by atoms with Crippen LogP contribution in [-0.2, 0) is 0 Å². The standard InChI is InChI=1S/C12H15NO/c1-2-3-4-9-14-12-7-5-11(10-13)6-8-12/h5-8H,2-4,9H2,1H3. The quantitative estimate of drug-likeness (QED) is 0.667. The molecule has 0 aromatic heterocycles. The Kier molecular flexibility index (Phi) is 4.57. The van der Waals surface area contributed by atoms with Gasteiger partial charge in [0.2, 0.25) is 0 Å². The zero-order valence-electron chi connectivity index (χ0n) is 8.49. The van der Waals surface area contributed by atoms with Gasteiger partial charge in [-0.3, -0.25) is 0 Å². The van der Waals surface area contributed by atoms with Crippen molar-refractivity contribution in [2.24, 2.45) is 0 Å². The second kappa shape index (κ2) is 6.04. The molecule has 0 unspecified atom stereocenters. The van der Waals surface area contributed by atoms with E-state index in [1.54, 1.807) is 12.1 Å². The van der Waals surface area contributed by atoms with Crippen LogP contribution in [0.5, 0.6) is 5.75 Å². The fourth-order valence-corrected chi connectivity index (χ4v) is 1.17. The van der Waals surface area contributed by atoms with E-state index in [-0.39, 0.29) is 0 Å². The number of unbranched alkanes of at least 4 members (excludes halogenated alkanes) is 2. The number of benzene rings is 1. The Hall–Kier alpha value is -1.49. The summed E-state index contributed by atoms with van der Waals surface area (Å²) in [5.41, 5.74) is 0.672. The number of hydrogen-bond donors (Lipinski definition) is 0. The van der Waals surface area contributed by atoms with Crippen molar-refractivity contribution < 1.29 is 4.74 Å². The number of hydrogen-bond acceptors (Lipinski definition) is 2. The monoisotopic (exact) mass is 189 g/mol. The first-order chi connectivity index (χ1) is 6.86. The summed E-state index contributed by atoms with van der Waals surface area (Å²) < 4.78 is 5.50. The minimum Gasteiger partial charge on any atom is -0.494 e. The molecule has 0 radical (unpaired) electrons. The molecule has 14 heavy (non-hydrogen) atoms. The van der Waals surface area contributed by atoms with Gasteiger partial charge in [-0.1, -0.05) is 19.8 Å². The molecule has 0 aliphatic carbocycles. The Morgan fingerprint density at radius 2 is 1.93 bits per heavy atom. The molecule has 0 heterocycles. The van der Waals surface area contributed by atoms with Gasteiger partial charge < -0.3 is 4.74 Å². The lowest BCUT2D eigenvalue weighted by Gasteiger charge is -2.04. The Bertz CT molecular complexity index is 297. The maximum absolute atomic E-state index is 8.58. The van der Waals surface area contributed by atoms with Crippen molar-refractivity contribution in [3.05, 3.63) is 29.8 Å². The van der Waals surface area contributed by atoms with Crippen LogP contribution < -0.4 is 4.74 Å². The summed E-state index contributed by atoms with van der Waals surface area (Å²) in [5, 5.41) is 8.58. The zero-order chi connectivity index (χ0) is 10.2. The Labute approximate surface area is 85.1 Å². The largest absolute Gasteiger partial charge is 0.494 e. The van der Waals surface area contributed by atoms with Crippen molar-refractivity contribution in [1.82, 2.24) is 0 Å². The lowest BCUT2D eigenvalue weighted by atomic mass is 10.2. The third-order valence-corrected chi connectivity index (χ3v) is 2.00. The molecule has 0 saturated heterocycles. The van der Waals surface area contributed by atoms with E-state index in [1.807, 2.05) is 12.1 Å². The van der Waals surface area contributed by atoms with Crippen molar-refractivity contribution in [2.45, 2.75) is 26.2 Å². The first-order valence-electron chi connectivity index (χ1n) is 4.99. The molecule has 0 N–H and O–H groups in total. The summed E-state index contributed by atoms with van der Waals surface area (Å²) >= 11 is 0. The highest BCUT2D eigenvalue weighted by molar-refractivity contribution is 5.34. The molecule has 1 aromatic carbocycles. The van der Waals surface area contributed by atoms with Crippen molar-refractivity contribution in [3.8, 4) is 11.8 Å². The van der Waals surface area contributed by atoms with E-state index in [0.29, 0.717) is 5.56 Å². The van der Waals surface area contributed by atoms with Gasteiger partial charge in [-0.2, -0.15) is 5.26 Å². The highest BCUT2D eigenvalue weighted by Crippen LogP contribution is 2.11. The van der Waals surface area contributed by atoms with Crippen molar-refractivity contribution >= 4 is 0 Å². The lowest BCUT2D eigenvalue weighted by Crippen LogP contribution is -1.96. The zero-order valence-corrected chi connectivity index (χ0v) is 8.49. The minimum atomic E-state index is 0.672.